The molecule has 0 aliphatic heterocycles. The fraction of sp³-hybridized carbons (Fsp3) is 0.250. The van der Waals surface area contributed by atoms with Crippen molar-refractivity contribution in [2.75, 3.05) is 20.2 Å². The molecule has 2 aromatic carbocycles. The molecule has 0 aliphatic rings. The number of esters is 1. The van der Waals surface area contributed by atoms with Gasteiger partial charge in [0.1, 0.15) is 12.3 Å². The van der Waals surface area contributed by atoms with Crippen molar-refractivity contribution in [2.45, 2.75) is 13.2 Å². The minimum atomic E-state index is -3.09. The first-order valence-corrected chi connectivity index (χ1v) is 8.62. The van der Waals surface area contributed by atoms with Gasteiger partial charge in [0.2, 0.25) is 0 Å². The van der Waals surface area contributed by atoms with E-state index in [0.29, 0.717) is 6.54 Å². The van der Waals surface area contributed by atoms with Gasteiger partial charge in [-0.05, 0) is 17.7 Å². The fourth-order valence-corrected chi connectivity index (χ4v) is 2.35. The summed E-state index contributed by atoms with van der Waals surface area (Å²) >= 11 is 0. The second-order valence-electron chi connectivity index (χ2n) is 5.95. The smallest absolute Gasteiger partial charge is 0.387 e. The molecule has 9 heteroatoms. The predicted molar refractivity (Wildman–Crippen MR) is 99.3 cm³/mol. The van der Waals surface area contributed by atoms with E-state index in [9.17, 15) is 23.2 Å². The molecular weight excluding hydrogens is 386 g/mol. The number of amides is 2. The molecule has 29 heavy (non-hydrogen) atoms. The Hall–Kier alpha value is -3.49. The van der Waals surface area contributed by atoms with Gasteiger partial charge < -0.3 is 19.7 Å². The van der Waals surface area contributed by atoms with E-state index < -0.39 is 37.5 Å². The van der Waals surface area contributed by atoms with Gasteiger partial charge in [0.15, 0.2) is 6.61 Å². The van der Waals surface area contributed by atoms with E-state index in [-0.39, 0.29) is 11.3 Å². The molecule has 0 spiro atoms. The lowest BCUT2D eigenvalue weighted by Gasteiger charge is -2.17. The monoisotopic (exact) mass is 406 g/mol. The largest absolute Gasteiger partial charge is 0.454 e. The van der Waals surface area contributed by atoms with Crippen LogP contribution in [0.1, 0.15) is 15.9 Å². The summed E-state index contributed by atoms with van der Waals surface area (Å²) in [5, 5.41) is 2.24. The maximum absolute atomic E-state index is 12.4. The number of nitrogens with zero attached hydrogens (tertiary/aromatic N) is 1. The summed E-state index contributed by atoms with van der Waals surface area (Å²) in [5.74, 6) is -2.35. The molecule has 0 heterocycles. The van der Waals surface area contributed by atoms with Crippen LogP contribution < -0.4 is 10.1 Å². The lowest BCUT2D eigenvalue weighted by molar-refractivity contribution is -0.150. The molecule has 2 aromatic rings. The van der Waals surface area contributed by atoms with Crippen LogP contribution in [0.25, 0.3) is 0 Å². The van der Waals surface area contributed by atoms with Gasteiger partial charge in [0.25, 0.3) is 11.8 Å². The number of halogens is 2. The summed E-state index contributed by atoms with van der Waals surface area (Å²) in [5.41, 5.74) is 0.769. The van der Waals surface area contributed by atoms with E-state index >= 15 is 0 Å². The number of likely N-dealkylation sites (N-methyl/N-ethyl adjacent to an activating group) is 1. The van der Waals surface area contributed by atoms with Crippen LogP contribution in [0.5, 0.6) is 5.75 Å². The minimum Gasteiger partial charge on any atom is -0.454 e. The van der Waals surface area contributed by atoms with Crippen molar-refractivity contribution in [1.29, 1.82) is 0 Å². The summed E-state index contributed by atoms with van der Waals surface area (Å²) in [7, 11) is 1.57. The fourth-order valence-electron chi connectivity index (χ4n) is 2.35. The van der Waals surface area contributed by atoms with Crippen LogP contribution in [0, 0.1) is 0 Å². The van der Waals surface area contributed by atoms with E-state index in [1.54, 1.807) is 7.05 Å². The average molecular weight is 406 g/mol. The van der Waals surface area contributed by atoms with Gasteiger partial charge in [-0.25, -0.2) is 0 Å². The number of rotatable bonds is 9. The number of alkyl halides is 2. The first kappa shape index (κ1) is 21.8. The zero-order valence-corrected chi connectivity index (χ0v) is 15.6. The van der Waals surface area contributed by atoms with Gasteiger partial charge in [-0.15, -0.1) is 0 Å². The molecule has 0 bridgehead atoms. The molecule has 2 rings (SSSR count). The number of hydrogen-bond donors (Lipinski definition) is 1. The quantitative estimate of drug-likeness (QED) is 0.646. The number of carbonyl (C=O) groups is 3. The number of ether oxygens (including phenoxy) is 2. The highest BCUT2D eigenvalue weighted by Crippen LogP contribution is 2.19. The second kappa shape index (κ2) is 10.7. The second-order valence-corrected chi connectivity index (χ2v) is 5.95. The Morgan fingerprint density at radius 2 is 1.69 bits per heavy atom. The number of hydrogen-bond acceptors (Lipinski definition) is 5. The summed E-state index contributed by atoms with van der Waals surface area (Å²) in [6, 6.07) is 14.7. The highest BCUT2D eigenvalue weighted by atomic mass is 19.3. The highest BCUT2D eigenvalue weighted by molar-refractivity contribution is 5.98. The van der Waals surface area contributed by atoms with Crippen molar-refractivity contribution in [3.05, 3.63) is 65.7 Å². The van der Waals surface area contributed by atoms with E-state index in [1.165, 1.54) is 29.2 Å². The third-order valence-corrected chi connectivity index (χ3v) is 3.79. The molecule has 7 nitrogen and oxygen atoms in total. The van der Waals surface area contributed by atoms with E-state index in [0.717, 1.165) is 5.56 Å². The Morgan fingerprint density at radius 3 is 2.38 bits per heavy atom. The predicted octanol–water partition coefficient (Wildman–Crippen LogP) is 2.22. The van der Waals surface area contributed by atoms with Crippen molar-refractivity contribution in [2.24, 2.45) is 0 Å². The van der Waals surface area contributed by atoms with Crippen LogP contribution in [-0.4, -0.2) is 49.5 Å². The molecule has 0 saturated carbocycles. The van der Waals surface area contributed by atoms with Crippen molar-refractivity contribution < 1.29 is 32.6 Å². The summed E-state index contributed by atoms with van der Waals surface area (Å²) in [6.45, 7) is -3.75. The van der Waals surface area contributed by atoms with Crippen LogP contribution in [0.2, 0.25) is 0 Å². The van der Waals surface area contributed by atoms with E-state index in [1.807, 2.05) is 30.3 Å². The zero-order chi connectivity index (χ0) is 21.2. The summed E-state index contributed by atoms with van der Waals surface area (Å²) in [4.78, 5) is 37.3. The summed E-state index contributed by atoms with van der Waals surface area (Å²) < 4.78 is 33.9. The Morgan fingerprint density at radius 1 is 1.03 bits per heavy atom. The maximum atomic E-state index is 12.4. The first-order chi connectivity index (χ1) is 13.9. The van der Waals surface area contributed by atoms with Crippen LogP contribution in [0.15, 0.2) is 54.6 Å². The number of carbonyl (C=O) groups excluding carboxylic acids is 3. The van der Waals surface area contributed by atoms with Gasteiger partial charge >= 0.3 is 12.6 Å². The lowest BCUT2D eigenvalue weighted by Crippen LogP contribution is -2.34. The van der Waals surface area contributed by atoms with Crippen LogP contribution in [-0.2, 0) is 20.9 Å². The van der Waals surface area contributed by atoms with Crippen molar-refractivity contribution >= 4 is 17.8 Å². The van der Waals surface area contributed by atoms with Crippen LogP contribution in [0.4, 0.5) is 8.78 Å². The highest BCUT2D eigenvalue weighted by Gasteiger charge is 2.17. The van der Waals surface area contributed by atoms with Gasteiger partial charge in [0, 0.05) is 13.6 Å². The Kier molecular flexibility index (Phi) is 8.08. The molecule has 0 atom stereocenters. The van der Waals surface area contributed by atoms with Gasteiger partial charge in [-0.1, -0.05) is 42.5 Å². The van der Waals surface area contributed by atoms with E-state index in [4.69, 9.17) is 4.74 Å². The first-order valence-electron chi connectivity index (χ1n) is 8.62. The van der Waals surface area contributed by atoms with E-state index in [2.05, 4.69) is 10.1 Å². The Balaban J connectivity index is 1.78. The molecule has 0 aliphatic carbocycles. The zero-order valence-electron chi connectivity index (χ0n) is 15.6. The molecule has 1 N–H and O–H groups in total. The molecule has 0 unspecified atom stereocenters. The van der Waals surface area contributed by atoms with Crippen molar-refractivity contribution in [3.63, 3.8) is 0 Å². The van der Waals surface area contributed by atoms with Crippen molar-refractivity contribution in [3.8, 4) is 5.75 Å². The maximum Gasteiger partial charge on any atom is 0.387 e. The number of benzene rings is 2. The minimum absolute atomic E-state index is 0.153. The van der Waals surface area contributed by atoms with Gasteiger partial charge in [0.05, 0.1) is 5.56 Å². The van der Waals surface area contributed by atoms with Crippen molar-refractivity contribution in [1.82, 2.24) is 10.2 Å². The van der Waals surface area contributed by atoms with Gasteiger partial charge in [-0.2, -0.15) is 8.78 Å². The summed E-state index contributed by atoms with van der Waals surface area (Å²) in [6.07, 6.45) is 0. The molecule has 0 aromatic heterocycles. The lowest BCUT2D eigenvalue weighted by atomic mass is 10.2. The van der Waals surface area contributed by atoms with Crippen LogP contribution >= 0.6 is 0 Å². The third-order valence-electron chi connectivity index (χ3n) is 3.79. The normalized spacial score (nSPS) is 10.3. The number of nitrogens with one attached hydrogen (secondary N) is 1. The number of para-hydroxylation sites is 1. The standard InChI is InChI=1S/C20H20F2N2O5/c1-24(12-14-7-3-2-4-8-14)17(25)13-28-18(26)11-23-19(27)15-9-5-6-10-16(15)29-20(21)22/h2-10,20H,11-13H2,1H3,(H,23,27). The third kappa shape index (κ3) is 7.21. The molecule has 0 radical (unpaired) electrons. The molecule has 0 fully saturated rings. The Labute approximate surface area is 166 Å². The average Bonchev–Trinajstić information content (AvgIpc) is 2.70. The molecule has 2 amide bonds. The molecule has 154 valence electrons. The topological polar surface area (TPSA) is 84.9 Å². The Bertz CT molecular complexity index is 846. The van der Waals surface area contributed by atoms with Gasteiger partial charge in [-0.3, -0.25) is 14.4 Å². The van der Waals surface area contributed by atoms with Crippen LogP contribution in [0.3, 0.4) is 0 Å². The molecule has 0 saturated heterocycles. The SMILES string of the molecule is CN(Cc1ccccc1)C(=O)COC(=O)CNC(=O)c1ccccc1OC(F)F. The molecular formula is C20H20F2N2O5.